The van der Waals surface area contributed by atoms with Gasteiger partial charge < -0.3 is 14.5 Å². The summed E-state index contributed by atoms with van der Waals surface area (Å²) in [6.07, 6.45) is 5.11. The third kappa shape index (κ3) is 4.30. The van der Waals surface area contributed by atoms with Crippen LogP contribution in [0.2, 0.25) is 0 Å². The van der Waals surface area contributed by atoms with Crippen LogP contribution in [0.3, 0.4) is 0 Å². The molecule has 2 amide bonds. The summed E-state index contributed by atoms with van der Waals surface area (Å²) in [5.41, 5.74) is 1.69. The van der Waals surface area contributed by atoms with E-state index in [0.29, 0.717) is 62.2 Å². The molecule has 2 aliphatic rings. The molecule has 8 nitrogen and oxygen atoms in total. The predicted molar refractivity (Wildman–Crippen MR) is 123 cm³/mol. The lowest BCUT2D eigenvalue weighted by Gasteiger charge is -2.32. The van der Waals surface area contributed by atoms with Gasteiger partial charge in [-0.3, -0.25) is 14.6 Å². The Bertz CT molecular complexity index is 1190. The minimum atomic E-state index is -0.0627. The van der Waals surface area contributed by atoms with Crippen LogP contribution in [0.4, 0.5) is 0 Å². The number of carbonyl (C=O) groups is 2. The number of amides is 2. The Labute approximate surface area is 192 Å². The van der Waals surface area contributed by atoms with Crippen molar-refractivity contribution in [3.63, 3.8) is 0 Å². The molecule has 170 valence electrons. The van der Waals surface area contributed by atoms with Gasteiger partial charge in [-0.15, -0.1) is 0 Å². The van der Waals surface area contributed by atoms with Gasteiger partial charge in [0.25, 0.3) is 11.8 Å². The van der Waals surface area contributed by atoms with Gasteiger partial charge in [0.05, 0.1) is 24.5 Å². The number of nitrogens with zero attached hydrogens (tertiary/aromatic N) is 5. The maximum absolute atomic E-state index is 13.3. The molecule has 1 atom stereocenters. The van der Waals surface area contributed by atoms with Gasteiger partial charge in [-0.05, 0) is 31.2 Å². The van der Waals surface area contributed by atoms with Crippen molar-refractivity contribution in [3.05, 3.63) is 65.5 Å². The van der Waals surface area contributed by atoms with Crippen LogP contribution >= 0.6 is 0 Å². The van der Waals surface area contributed by atoms with E-state index in [9.17, 15) is 9.59 Å². The first-order chi connectivity index (χ1) is 16.1. The lowest BCUT2D eigenvalue weighted by molar-refractivity contribution is 0.0301. The zero-order valence-electron chi connectivity index (χ0n) is 18.7. The average Bonchev–Trinajstić information content (AvgIpc) is 2.88. The first kappa shape index (κ1) is 21.5. The monoisotopic (exact) mass is 445 g/mol. The minimum absolute atomic E-state index is 0.0314. The molecule has 2 saturated heterocycles. The summed E-state index contributed by atoms with van der Waals surface area (Å²) in [6.45, 7) is 5.36. The Morgan fingerprint density at radius 2 is 1.82 bits per heavy atom. The molecule has 0 bridgehead atoms. The van der Waals surface area contributed by atoms with Crippen LogP contribution in [0, 0.1) is 6.92 Å². The van der Waals surface area contributed by atoms with Crippen molar-refractivity contribution in [2.24, 2.45) is 0 Å². The van der Waals surface area contributed by atoms with Crippen LogP contribution in [0.1, 0.15) is 51.1 Å². The summed E-state index contributed by atoms with van der Waals surface area (Å²) in [7, 11) is 0. The number of likely N-dealkylation sites (tertiary alicyclic amines) is 1. The fourth-order valence-electron chi connectivity index (χ4n) is 4.64. The molecule has 1 aromatic carbocycles. The van der Waals surface area contributed by atoms with Gasteiger partial charge in [0.2, 0.25) is 0 Å². The number of aryl methyl sites for hydroxylation is 1. The molecule has 33 heavy (non-hydrogen) atoms. The summed E-state index contributed by atoms with van der Waals surface area (Å²) in [5, 5.41) is 1.87. The number of hydrogen-bond donors (Lipinski definition) is 0. The van der Waals surface area contributed by atoms with Gasteiger partial charge >= 0.3 is 0 Å². The van der Waals surface area contributed by atoms with E-state index < -0.39 is 0 Å². The quantitative estimate of drug-likeness (QED) is 0.616. The second-order valence-electron chi connectivity index (χ2n) is 8.60. The summed E-state index contributed by atoms with van der Waals surface area (Å²) < 4.78 is 5.34. The number of ether oxygens (including phenoxy) is 1. The van der Waals surface area contributed by atoms with Gasteiger partial charge in [-0.2, -0.15) is 0 Å². The van der Waals surface area contributed by atoms with Crippen molar-refractivity contribution in [2.75, 3.05) is 39.4 Å². The van der Waals surface area contributed by atoms with Gasteiger partial charge in [0.15, 0.2) is 0 Å². The van der Waals surface area contributed by atoms with Crippen LogP contribution < -0.4 is 0 Å². The molecule has 5 rings (SSSR count). The van der Waals surface area contributed by atoms with Crippen molar-refractivity contribution in [1.82, 2.24) is 24.8 Å². The topological polar surface area (TPSA) is 88.5 Å². The van der Waals surface area contributed by atoms with E-state index in [1.54, 1.807) is 17.3 Å². The molecule has 4 heterocycles. The number of benzene rings is 1. The number of piperidine rings is 1. The molecule has 0 N–H and O–H groups in total. The van der Waals surface area contributed by atoms with Crippen LogP contribution in [-0.4, -0.2) is 76.0 Å². The zero-order valence-corrected chi connectivity index (χ0v) is 18.7. The largest absolute Gasteiger partial charge is 0.378 e. The SMILES string of the molecule is Cc1nc([C@@H]2CCCN(C(=O)c3nccc4ccccc34)C2)ncc1C(=O)N1CCOCC1. The highest BCUT2D eigenvalue weighted by Gasteiger charge is 2.29. The second-order valence-corrected chi connectivity index (χ2v) is 8.60. The first-order valence-corrected chi connectivity index (χ1v) is 11.5. The third-order valence-electron chi connectivity index (χ3n) is 6.48. The first-order valence-electron chi connectivity index (χ1n) is 11.5. The molecule has 0 saturated carbocycles. The highest BCUT2D eigenvalue weighted by atomic mass is 16.5. The molecule has 0 radical (unpaired) electrons. The molecule has 0 spiro atoms. The number of aromatic nitrogens is 3. The Morgan fingerprint density at radius 3 is 2.64 bits per heavy atom. The van der Waals surface area contributed by atoms with Crippen molar-refractivity contribution in [1.29, 1.82) is 0 Å². The van der Waals surface area contributed by atoms with Gasteiger partial charge in [-0.1, -0.05) is 24.3 Å². The highest BCUT2D eigenvalue weighted by Crippen LogP contribution is 2.27. The van der Waals surface area contributed by atoms with E-state index in [4.69, 9.17) is 4.74 Å². The number of rotatable bonds is 3. The standard InChI is InChI=1S/C25H27N5O3/c1-17-21(24(31)29-11-13-33-14-12-29)15-27-23(28-17)19-6-4-10-30(16-19)25(32)22-20-7-3-2-5-18(20)8-9-26-22/h2-3,5,7-9,15,19H,4,6,10-14,16H2,1H3/t19-/m1/s1. The Kier molecular flexibility index (Phi) is 6.00. The Morgan fingerprint density at radius 1 is 1.00 bits per heavy atom. The lowest BCUT2D eigenvalue weighted by Crippen LogP contribution is -2.41. The maximum atomic E-state index is 13.3. The van der Waals surface area contributed by atoms with E-state index in [0.717, 1.165) is 23.6 Å². The van der Waals surface area contributed by atoms with Crippen molar-refractivity contribution in [2.45, 2.75) is 25.7 Å². The molecule has 3 aromatic rings. The summed E-state index contributed by atoms with van der Waals surface area (Å²) in [6, 6.07) is 9.73. The Hall–Kier alpha value is -3.39. The third-order valence-corrected chi connectivity index (χ3v) is 6.48. The van der Waals surface area contributed by atoms with Crippen LogP contribution in [0.15, 0.2) is 42.7 Å². The van der Waals surface area contributed by atoms with Crippen molar-refractivity contribution < 1.29 is 14.3 Å². The Balaban J connectivity index is 1.34. The normalized spacial score (nSPS) is 19.0. The minimum Gasteiger partial charge on any atom is -0.378 e. The van der Waals surface area contributed by atoms with E-state index >= 15 is 0 Å². The van der Waals surface area contributed by atoms with Gasteiger partial charge in [-0.25, -0.2) is 9.97 Å². The van der Waals surface area contributed by atoms with Crippen LogP contribution in [-0.2, 0) is 4.74 Å². The zero-order chi connectivity index (χ0) is 22.8. The molecule has 8 heteroatoms. The van der Waals surface area contributed by atoms with Crippen LogP contribution in [0.25, 0.3) is 10.8 Å². The molecule has 2 aliphatic heterocycles. The number of hydrogen-bond acceptors (Lipinski definition) is 6. The van der Waals surface area contributed by atoms with E-state index in [-0.39, 0.29) is 17.7 Å². The summed E-state index contributed by atoms with van der Waals surface area (Å²) >= 11 is 0. The number of fused-ring (bicyclic) bond motifs is 1. The summed E-state index contributed by atoms with van der Waals surface area (Å²) in [5.74, 6) is 0.607. The second kappa shape index (κ2) is 9.23. The van der Waals surface area contributed by atoms with E-state index in [1.807, 2.05) is 42.2 Å². The molecule has 2 aromatic heterocycles. The predicted octanol–water partition coefficient (Wildman–Crippen LogP) is 2.83. The molecule has 2 fully saturated rings. The van der Waals surface area contributed by atoms with Gasteiger partial charge in [0, 0.05) is 49.9 Å². The van der Waals surface area contributed by atoms with E-state index in [2.05, 4.69) is 15.0 Å². The summed E-state index contributed by atoms with van der Waals surface area (Å²) in [4.78, 5) is 43.5. The van der Waals surface area contributed by atoms with Gasteiger partial charge in [0.1, 0.15) is 11.5 Å². The number of carbonyl (C=O) groups excluding carboxylic acids is 2. The number of pyridine rings is 1. The van der Waals surface area contributed by atoms with Crippen molar-refractivity contribution >= 4 is 22.6 Å². The smallest absolute Gasteiger partial charge is 0.273 e. The molecular weight excluding hydrogens is 418 g/mol. The van der Waals surface area contributed by atoms with Crippen molar-refractivity contribution in [3.8, 4) is 0 Å². The van der Waals surface area contributed by atoms with E-state index in [1.165, 1.54) is 0 Å². The molecular formula is C25H27N5O3. The maximum Gasteiger partial charge on any atom is 0.273 e. The van der Waals surface area contributed by atoms with Crippen LogP contribution in [0.5, 0.6) is 0 Å². The lowest BCUT2D eigenvalue weighted by atomic mass is 9.96. The fourth-order valence-corrected chi connectivity index (χ4v) is 4.64. The molecule has 0 unspecified atom stereocenters. The number of morpholine rings is 1. The fraction of sp³-hybridized carbons (Fsp3) is 0.400. The highest BCUT2D eigenvalue weighted by molar-refractivity contribution is 6.05. The molecule has 0 aliphatic carbocycles. The average molecular weight is 446 g/mol.